The number of sulfonamides is 1. The van der Waals surface area contributed by atoms with Gasteiger partial charge in [0.1, 0.15) is 0 Å². The molecule has 1 aliphatic carbocycles. The van der Waals surface area contributed by atoms with Crippen LogP contribution in [0, 0.1) is 18.3 Å². The zero-order valence-electron chi connectivity index (χ0n) is 16.6. The number of imidazole rings is 1. The second-order valence-electron chi connectivity index (χ2n) is 8.27. The van der Waals surface area contributed by atoms with Crippen LogP contribution >= 0.6 is 0 Å². The van der Waals surface area contributed by atoms with Crippen molar-refractivity contribution in [2.45, 2.75) is 51.1 Å². The molecule has 0 spiro atoms. The van der Waals surface area contributed by atoms with Crippen molar-refractivity contribution in [1.82, 2.24) is 23.8 Å². The Morgan fingerprint density at radius 2 is 2.18 bits per heavy atom. The minimum Gasteiger partial charge on any atom is -0.463 e. The predicted molar refractivity (Wildman–Crippen MR) is 103 cm³/mol. The van der Waals surface area contributed by atoms with Crippen LogP contribution in [0.4, 0.5) is 0 Å². The maximum atomic E-state index is 13.1. The third-order valence-electron chi connectivity index (χ3n) is 6.05. The highest BCUT2D eigenvalue weighted by Gasteiger charge is 2.53. The van der Waals surface area contributed by atoms with E-state index in [2.05, 4.69) is 15.0 Å². The first-order valence-corrected chi connectivity index (χ1v) is 11.2. The molecule has 3 heterocycles. The Morgan fingerprint density at radius 3 is 2.89 bits per heavy atom. The van der Waals surface area contributed by atoms with Gasteiger partial charge in [0, 0.05) is 42.6 Å². The minimum atomic E-state index is -3.61. The van der Waals surface area contributed by atoms with Crippen molar-refractivity contribution < 1.29 is 13.2 Å². The average molecular weight is 406 g/mol. The van der Waals surface area contributed by atoms with Crippen LogP contribution in [0.3, 0.4) is 0 Å². The molecule has 2 aromatic heterocycles. The zero-order valence-corrected chi connectivity index (χ0v) is 17.4. The van der Waals surface area contributed by atoms with Gasteiger partial charge >= 0.3 is 6.01 Å². The van der Waals surface area contributed by atoms with Crippen LogP contribution < -0.4 is 4.74 Å². The minimum absolute atomic E-state index is 0.124. The molecule has 28 heavy (non-hydrogen) atoms. The number of aryl methyl sites for hydroxylation is 1. The highest BCUT2D eigenvalue weighted by atomic mass is 32.2. The summed E-state index contributed by atoms with van der Waals surface area (Å²) in [4.78, 5) is 12.6. The molecule has 4 rings (SSSR count). The number of ether oxygens (including phenoxy) is 1. The summed E-state index contributed by atoms with van der Waals surface area (Å²) in [7, 11) is -3.61. The second-order valence-corrected chi connectivity index (χ2v) is 10.2. The van der Waals surface area contributed by atoms with E-state index in [4.69, 9.17) is 4.74 Å². The summed E-state index contributed by atoms with van der Waals surface area (Å²) in [6, 6.07) is 2.35. The van der Waals surface area contributed by atoms with E-state index in [1.165, 1.54) is 0 Å². The molecule has 2 fully saturated rings. The molecule has 2 aromatic rings. The van der Waals surface area contributed by atoms with E-state index < -0.39 is 10.0 Å². The highest BCUT2D eigenvalue weighted by Crippen LogP contribution is 2.50. The molecule has 9 heteroatoms. The maximum Gasteiger partial charge on any atom is 0.316 e. The van der Waals surface area contributed by atoms with Crippen LogP contribution in [-0.4, -0.2) is 51.9 Å². The van der Waals surface area contributed by atoms with Gasteiger partial charge in [-0.05, 0) is 45.6 Å². The van der Waals surface area contributed by atoms with Gasteiger partial charge in [0.05, 0.1) is 12.9 Å². The van der Waals surface area contributed by atoms with E-state index in [9.17, 15) is 8.42 Å². The second kappa shape index (κ2) is 7.11. The lowest BCUT2D eigenvalue weighted by atomic mass is 9.82. The first-order valence-electron chi connectivity index (χ1n) is 9.76. The Bertz CT molecular complexity index is 958. The number of nitrogens with zero attached hydrogens (tertiary/aromatic N) is 5. The molecule has 1 aliphatic heterocycles. The summed E-state index contributed by atoms with van der Waals surface area (Å²) in [5.41, 5.74) is 0.669. The standard InChI is InChI=1S/C19H27N5O3S/c1-14(2)23-10-17(21-13-23)28(25,26)24-9-16-5-4-7-19(16,11-24)12-27-18-20-8-6-15(3)22-18/h6,8,10,13-14,16H,4-5,7,9,11-12H2,1-3H3. The van der Waals surface area contributed by atoms with E-state index in [0.717, 1.165) is 25.0 Å². The monoisotopic (exact) mass is 405 g/mol. The molecule has 0 amide bonds. The molecule has 2 atom stereocenters. The Balaban J connectivity index is 1.52. The SMILES string of the molecule is Cc1ccnc(OCC23CCCC2CN(S(=O)(=O)c2cn(C(C)C)cn2)C3)n1. The van der Waals surface area contributed by atoms with E-state index in [1.807, 2.05) is 31.4 Å². The smallest absolute Gasteiger partial charge is 0.316 e. The molecule has 2 aliphatic rings. The van der Waals surface area contributed by atoms with Crippen LogP contribution in [0.15, 0.2) is 29.8 Å². The van der Waals surface area contributed by atoms with Gasteiger partial charge in [0.15, 0.2) is 5.03 Å². The zero-order chi connectivity index (χ0) is 19.9. The first-order chi connectivity index (χ1) is 13.3. The maximum absolute atomic E-state index is 13.1. The largest absolute Gasteiger partial charge is 0.463 e. The van der Waals surface area contributed by atoms with Crippen molar-refractivity contribution in [3.8, 4) is 6.01 Å². The first kappa shape index (κ1) is 19.3. The van der Waals surface area contributed by atoms with Gasteiger partial charge < -0.3 is 9.30 Å². The fourth-order valence-electron chi connectivity index (χ4n) is 4.35. The molecule has 152 valence electrons. The number of aromatic nitrogens is 4. The van der Waals surface area contributed by atoms with Gasteiger partial charge in [-0.15, -0.1) is 0 Å². The number of rotatable bonds is 6. The van der Waals surface area contributed by atoms with Crippen molar-refractivity contribution >= 4 is 10.0 Å². The van der Waals surface area contributed by atoms with Gasteiger partial charge in [0.25, 0.3) is 10.0 Å². The third-order valence-corrected chi connectivity index (χ3v) is 7.75. The molecule has 0 N–H and O–H groups in total. The molecule has 0 aromatic carbocycles. The fraction of sp³-hybridized carbons (Fsp3) is 0.632. The Hall–Kier alpha value is -2.00. The predicted octanol–water partition coefficient (Wildman–Crippen LogP) is 2.43. The van der Waals surface area contributed by atoms with Crippen LogP contribution in [-0.2, 0) is 10.0 Å². The third kappa shape index (κ3) is 3.41. The van der Waals surface area contributed by atoms with Crippen LogP contribution in [0.2, 0.25) is 0 Å². The van der Waals surface area contributed by atoms with E-state index in [-0.39, 0.29) is 16.5 Å². The lowest BCUT2D eigenvalue weighted by Crippen LogP contribution is -2.36. The molecule has 1 saturated heterocycles. The topological polar surface area (TPSA) is 90.2 Å². The van der Waals surface area contributed by atoms with Gasteiger partial charge in [-0.1, -0.05) is 6.42 Å². The van der Waals surface area contributed by atoms with Gasteiger partial charge in [-0.3, -0.25) is 0 Å². The summed E-state index contributed by atoms with van der Waals surface area (Å²) in [5, 5.41) is 0.124. The van der Waals surface area contributed by atoms with E-state index in [1.54, 1.807) is 23.0 Å². The normalized spacial score (nSPS) is 25.4. The van der Waals surface area contributed by atoms with Crippen LogP contribution in [0.1, 0.15) is 44.8 Å². The average Bonchev–Trinajstić information content (AvgIpc) is 3.34. The van der Waals surface area contributed by atoms with Crippen LogP contribution in [0.5, 0.6) is 6.01 Å². The highest BCUT2D eigenvalue weighted by molar-refractivity contribution is 7.89. The number of hydrogen-bond acceptors (Lipinski definition) is 6. The Labute approximate surface area is 166 Å². The Kier molecular flexibility index (Phi) is 4.91. The molecule has 0 radical (unpaired) electrons. The van der Waals surface area contributed by atoms with Crippen molar-refractivity contribution in [3.05, 3.63) is 30.5 Å². The summed E-state index contributed by atoms with van der Waals surface area (Å²) in [6.45, 7) is 7.31. The molecule has 1 saturated carbocycles. The summed E-state index contributed by atoms with van der Waals surface area (Å²) < 4.78 is 35.6. The molecule has 2 unspecified atom stereocenters. The lowest BCUT2D eigenvalue weighted by Gasteiger charge is -2.28. The summed E-state index contributed by atoms with van der Waals surface area (Å²) >= 11 is 0. The molecular weight excluding hydrogens is 378 g/mol. The van der Waals surface area contributed by atoms with E-state index in [0.29, 0.717) is 31.6 Å². The molecular formula is C19H27N5O3S. The van der Waals surface area contributed by atoms with Crippen LogP contribution in [0.25, 0.3) is 0 Å². The quantitative estimate of drug-likeness (QED) is 0.733. The van der Waals surface area contributed by atoms with Gasteiger partial charge in [-0.25, -0.2) is 23.4 Å². The lowest BCUT2D eigenvalue weighted by molar-refractivity contribution is 0.125. The van der Waals surface area contributed by atoms with Crippen molar-refractivity contribution in [3.63, 3.8) is 0 Å². The number of fused-ring (bicyclic) bond motifs is 1. The molecule has 0 bridgehead atoms. The van der Waals surface area contributed by atoms with Crippen molar-refractivity contribution in [1.29, 1.82) is 0 Å². The summed E-state index contributed by atoms with van der Waals surface area (Å²) in [6.07, 6.45) is 7.96. The van der Waals surface area contributed by atoms with Crippen molar-refractivity contribution in [2.75, 3.05) is 19.7 Å². The Morgan fingerprint density at radius 1 is 1.36 bits per heavy atom. The molecule has 8 nitrogen and oxygen atoms in total. The van der Waals surface area contributed by atoms with Gasteiger partial charge in [-0.2, -0.15) is 4.31 Å². The fourth-order valence-corrected chi connectivity index (χ4v) is 5.86. The van der Waals surface area contributed by atoms with E-state index >= 15 is 0 Å². The number of hydrogen-bond donors (Lipinski definition) is 0. The van der Waals surface area contributed by atoms with Gasteiger partial charge in [0.2, 0.25) is 0 Å². The van der Waals surface area contributed by atoms with Crippen molar-refractivity contribution in [2.24, 2.45) is 11.3 Å². The summed E-state index contributed by atoms with van der Waals surface area (Å²) in [5.74, 6) is 0.291.